The maximum absolute atomic E-state index is 11.7. The van der Waals surface area contributed by atoms with Gasteiger partial charge in [0.1, 0.15) is 11.5 Å². The van der Waals surface area contributed by atoms with Crippen LogP contribution in [0.2, 0.25) is 0 Å². The van der Waals surface area contributed by atoms with Gasteiger partial charge in [-0.3, -0.25) is 9.59 Å². The van der Waals surface area contributed by atoms with Gasteiger partial charge in [0.15, 0.2) is 0 Å². The summed E-state index contributed by atoms with van der Waals surface area (Å²) in [6.45, 7) is 0. The van der Waals surface area contributed by atoms with E-state index in [0.29, 0.717) is 17.2 Å². The molecule has 2 amide bonds. The Kier molecular flexibility index (Phi) is 4.07. The summed E-state index contributed by atoms with van der Waals surface area (Å²) in [6.07, 6.45) is 2.53. The minimum absolute atomic E-state index is 0.333. The van der Waals surface area contributed by atoms with Crippen LogP contribution in [0, 0.1) is 0 Å². The Morgan fingerprint density at radius 2 is 1.08 bits per heavy atom. The van der Waals surface area contributed by atoms with Crippen molar-refractivity contribution in [1.82, 2.24) is 0 Å². The minimum Gasteiger partial charge on any atom is -0.457 e. The molecular weight excluding hydrogens is 326 g/mol. The lowest BCUT2D eigenvalue weighted by Gasteiger charge is -2.14. The highest BCUT2D eigenvalue weighted by molar-refractivity contribution is 6.28. The molecule has 0 fully saturated rings. The molecule has 0 unspecified atom stereocenters. The molecule has 0 atom stereocenters. The van der Waals surface area contributed by atoms with Crippen LogP contribution in [-0.2, 0) is 9.59 Å². The number of imide groups is 1. The smallest absolute Gasteiger partial charge is 0.258 e. The average molecular weight is 341 g/mol. The Labute approximate surface area is 151 Å². The average Bonchev–Trinajstić information content (AvgIpc) is 3.02. The molecular formula is C22H15NO3. The molecule has 0 radical (unpaired) electrons. The maximum atomic E-state index is 11.7. The number of anilines is 1. The minimum atomic E-state index is -0.333. The van der Waals surface area contributed by atoms with Crippen LogP contribution in [0.4, 0.5) is 5.69 Å². The molecule has 26 heavy (non-hydrogen) atoms. The Hall–Kier alpha value is -3.66. The summed E-state index contributed by atoms with van der Waals surface area (Å²) in [6, 6.07) is 24.8. The van der Waals surface area contributed by atoms with Crippen LogP contribution in [0.15, 0.2) is 91.0 Å². The van der Waals surface area contributed by atoms with Gasteiger partial charge in [-0.1, -0.05) is 42.5 Å². The van der Waals surface area contributed by atoms with Crippen LogP contribution >= 0.6 is 0 Å². The highest BCUT2D eigenvalue weighted by Crippen LogP contribution is 2.28. The third-order valence-corrected chi connectivity index (χ3v) is 4.10. The van der Waals surface area contributed by atoms with Crippen molar-refractivity contribution in [2.45, 2.75) is 0 Å². The molecule has 3 aromatic carbocycles. The van der Waals surface area contributed by atoms with Gasteiger partial charge in [-0.2, -0.15) is 0 Å². The number of amides is 2. The normalized spacial score (nSPS) is 13.3. The number of nitrogens with zero attached hydrogens (tertiary/aromatic N) is 1. The van der Waals surface area contributed by atoms with Gasteiger partial charge >= 0.3 is 0 Å². The van der Waals surface area contributed by atoms with Crippen molar-refractivity contribution in [1.29, 1.82) is 0 Å². The quantitative estimate of drug-likeness (QED) is 0.653. The highest BCUT2D eigenvalue weighted by Gasteiger charge is 2.24. The molecule has 1 aliphatic heterocycles. The topological polar surface area (TPSA) is 46.6 Å². The van der Waals surface area contributed by atoms with Crippen LogP contribution in [-0.4, -0.2) is 11.8 Å². The molecule has 4 heteroatoms. The molecule has 0 N–H and O–H groups in total. The van der Waals surface area contributed by atoms with Crippen molar-refractivity contribution in [2.24, 2.45) is 0 Å². The molecule has 0 aromatic heterocycles. The molecule has 126 valence electrons. The molecule has 4 rings (SSSR count). The Bertz CT molecular complexity index is 956. The summed E-state index contributed by atoms with van der Waals surface area (Å²) in [7, 11) is 0. The van der Waals surface area contributed by atoms with Crippen molar-refractivity contribution in [3.05, 3.63) is 91.0 Å². The lowest BCUT2D eigenvalue weighted by Crippen LogP contribution is -2.29. The third kappa shape index (κ3) is 3.13. The Balaban J connectivity index is 1.48. The largest absolute Gasteiger partial charge is 0.457 e. The molecule has 0 bridgehead atoms. The van der Waals surface area contributed by atoms with Crippen molar-refractivity contribution in [2.75, 3.05) is 4.90 Å². The zero-order valence-corrected chi connectivity index (χ0v) is 13.8. The fourth-order valence-electron chi connectivity index (χ4n) is 2.80. The molecule has 1 heterocycles. The third-order valence-electron chi connectivity index (χ3n) is 4.10. The molecule has 4 nitrogen and oxygen atoms in total. The SMILES string of the molecule is O=C1C=CC(=O)N1c1ccc(Oc2ccc(-c3ccccc3)cc2)cc1. The number of hydrogen-bond acceptors (Lipinski definition) is 3. The molecule has 0 saturated carbocycles. The van der Waals surface area contributed by atoms with E-state index in [0.717, 1.165) is 16.0 Å². The van der Waals surface area contributed by atoms with Crippen LogP contribution in [0.1, 0.15) is 0 Å². The highest BCUT2D eigenvalue weighted by atomic mass is 16.5. The molecule has 1 aliphatic rings. The van der Waals surface area contributed by atoms with Gasteiger partial charge in [0.2, 0.25) is 0 Å². The lowest BCUT2D eigenvalue weighted by atomic mass is 10.1. The summed E-state index contributed by atoms with van der Waals surface area (Å²) in [5, 5.41) is 0. The first-order valence-corrected chi connectivity index (χ1v) is 8.20. The lowest BCUT2D eigenvalue weighted by molar-refractivity contribution is -0.119. The van der Waals surface area contributed by atoms with Crippen LogP contribution in [0.5, 0.6) is 11.5 Å². The van der Waals surface area contributed by atoms with Crippen LogP contribution in [0.3, 0.4) is 0 Å². The first kappa shape index (κ1) is 15.8. The van der Waals surface area contributed by atoms with E-state index < -0.39 is 0 Å². The van der Waals surface area contributed by atoms with Gasteiger partial charge in [0, 0.05) is 12.2 Å². The first-order valence-electron chi connectivity index (χ1n) is 8.20. The Morgan fingerprint density at radius 1 is 0.577 bits per heavy atom. The van der Waals surface area contributed by atoms with Gasteiger partial charge in [-0.25, -0.2) is 4.90 Å². The number of ether oxygens (including phenoxy) is 1. The van der Waals surface area contributed by atoms with Crippen LogP contribution in [0.25, 0.3) is 11.1 Å². The fourth-order valence-corrected chi connectivity index (χ4v) is 2.80. The number of carbonyl (C=O) groups is 2. The van der Waals surface area contributed by atoms with E-state index in [2.05, 4.69) is 12.1 Å². The summed E-state index contributed by atoms with van der Waals surface area (Å²) in [4.78, 5) is 24.5. The van der Waals surface area contributed by atoms with Gasteiger partial charge in [-0.05, 0) is 47.5 Å². The monoisotopic (exact) mass is 341 g/mol. The maximum Gasteiger partial charge on any atom is 0.258 e. The molecule has 3 aromatic rings. The zero-order valence-electron chi connectivity index (χ0n) is 13.8. The first-order chi connectivity index (χ1) is 12.7. The van der Waals surface area contributed by atoms with E-state index in [1.165, 1.54) is 12.2 Å². The Morgan fingerprint density at radius 3 is 1.65 bits per heavy atom. The van der Waals surface area contributed by atoms with E-state index >= 15 is 0 Å². The van der Waals surface area contributed by atoms with Crippen molar-refractivity contribution in [3.63, 3.8) is 0 Å². The predicted molar refractivity (Wildman–Crippen MR) is 100 cm³/mol. The summed E-state index contributed by atoms with van der Waals surface area (Å²) in [5.74, 6) is 0.682. The van der Waals surface area contributed by atoms with Crippen molar-refractivity contribution in [3.8, 4) is 22.6 Å². The summed E-state index contributed by atoms with van der Waals surface area (Å²) in [5.41, 5.74) is 2.79. The van der Waals surface area contributed by atoms with Gasteiger partial charge in [0.05, 0.1) is 5.69 Å². The van der Waals surface area contributed by atoms with E-state index in [1.54, 1.807) is 24.3 Å². The number of hydrogen-bond donors (Lipinski definition) is 0. The van der Waals surface area contributed by atoms with E-state index in [9.17, 15) is 9.59 Å². The van der Waals surface area contributed by atoms with E-state index in [4.69, 9.17) is 4.74 Å². The van der Waals surface area contributed by atoms with Gasteiger partial charge in [0.25, 0.3) is 11.8 Å². The predicted octanol–water partition coefficient (Wildman–Crippen LogP) is 4.58. The molecule has 0 spiro atoms. The van der Waals surface area contributed by atoms with Crippen molar-refractivity contribution < 1.29 is 14.3 Å². The number of carbonyl (C=O) groups excluding carboxylic acids is 2. The summed E-state index contributed by atoms with van der Waals surface area (Å²) < 4.78 is 5.84. The number of rotatable bonds is 4. The second-order valence-electron chi connectivity index (χ2n) is 5.83. The second kappa shape index (κ2) is 6.69. The number of benzene rings is 3. The van der Waals surface area contributed by atoms with Gasteiger partial charge in [-0.15, -0.1) is 0 Å². The van der Waals surface area contributed by atoms with Gasteiger partial charge < -0.3 is 4.74 Å². The molecule has 0 saturated heterocycles. The van der Waals surface area contributed by atoms with Crippen molar-refractivity contribution >= 4 is 17.5 Å². The second-order valence-corrected chi connectivity index (χ2v) is 5.83. The summed E-state index contributed by atoms with van der Waals surface area (Å²) >= 11 is 0. The molecule has 0 aliphatic carbocycles. The zero-order chi connectivity index (χ0) is 17.9. The standard InChI is InChI=1S/C22H15NO3/c24-21-14-15-22(25)23(21)18-8-12-20(13-9-18)26-19-10-6-17(7-11-19)16-4-2-1-3-5-16/h1-15H. The van der Waals surface area contributed by atoms with E-state index in [1.807, 2.05) is 42.5 Å². The fraction of sp³-hybridized carbons (Fsp3) is 0. The van der Waals surface area contributed by atoms with Crippen LogP contribution < -0.4 is 9.64 Å². The van der Waals surface area contributed by atoms with E-state index in [-0.39, 0.29) is 11.8 Å².